The van der Waals surface area contributed by atoms with E-state index < -0.39 is 75.3 Å². The van der Waals surface area contributed by atoms with Gasteiger partial charge in [0.1, 0.15) is 23.4 Å². The molecule has 2 heterocycles. The molecule has 0 fully saturated rings. The second kappa shape index (κ2) is 12.2. The van der Waals surface area contributed by atoms with Gasteiger partial charge in [0, 0.05) is 36.9 Å². The Bertz CT molecular complexity index is 1880. The molecule has 0 saturated heterocycles. The summed E-state index contributed by atoms with van der Waals surface area (Å²) in [5, 5.41) is 9.61. The van der Waals surface area contributed by atoms with Crippen LogP contribution in [0.1, 0.15) is 42.0 Å². The highest BCUT2D eigenvalue weighted by Crippen LogP contribution is 2.42. The van der Waals surface area contributed by atoms with Crippen LogP contribution in [-0.4, -0.2) is 54.1 Å². The summed E-state index contributed by atoms with van der Waals surface area (Å²) in [7, 11) is -4.01. The number of aliphatic imine (C=N–C) groups is 1. The van der Waals surface area contributed by atoms with Crippen molar-refractivity contribution >= 4 is 15.7 Å². The molecule has 0 amide bonds. The Morgan fingerprint density at radius 1 is 1.15 bits per heavy atom. The van der Waals surface area contributed by atoms with Crippen LogP contribution in [-0.2, 0) is 32.1 Å². The van der Waals surface area contributed by atoms with E-state index in [1.54, 1.807) is 0 Å². The smallest absolute Gasteiger partial charge is 0.434 e. The fraction of sp³-hybridized carbons (Fsp3) is 0.333. The Kier molecular flexibility index (Phi) is 8.81. The minimum Gasteiger partial charge on any atom is -0.471 e. The van der Waals surface area contributed by atoms with Gasteiger partial charge in [-0.15, -0.1) is 0 Å². The summed E-state index contributed by atoms with van der Waals surface area (Å²) in [5.74, 6) is -1.58. The summed E-state index contributed by atoms with van der Waals surface area (Å²) in [6, 6.07) is 5.38. The maximum absolute atomic E-state index is 15.1. The largest absolute Gasteiger partial charge is 0.471 e. The van der Waals surface area contributed by atoms with E-state index in [-0.39, 0.29) is 46.1 Å². The number of rotatable bonds is 8. The number of aliphatic hydroxyl groups is 1. The van der Waals surface area contributed by atoms with Gasteiger partial charge in [-0.1, -0.05) is 12.1 Å². The van der Waals surface area contributed by atoms with Crippen LogP contribution < -0.4 is 0 Å². The molecular formula is C30H26F7N3O5S. The molecule has 3 aromatic rings. The molecule has 1 aromatic heterocycles. The van der Waals surface area contributed by atoms with Gasteiger partial charge in [0.2, 0.25) is 0 Å². The summed E-state index contributed by atoms with van der Waals surface area (Å²) in [6.45, 7) is -1.36. The molecule has 0 saturated carbocycles. The fourth-order valence-electron chi connectivity index (χ4n) is 5.41. The van der Waals surface area contributed by atoms with Crippen LogP contribution in [0.25, 0.3) is 16.8 Å². The van der Waals surface area contributed by atoms with Crippen molar-refractivity contribution in [1.82, 2.24) is 9.55 Å². The number of aryl methyl sites for hydroxylation is 1. The van der Waals surface area contributed by atoms with Crippen LogP contribution in [0.4, 0.5) is 30.7 Å². The lowest BCUT2D eigenvalue weighted by Gasteiger charge is -2.26. The summed E-state index contributed by atoms with van der Waals surface area (Å²) >= 11 is 0. The highest BCUT2D eigenvalue weighted by atomic mass is 32.2. The van der Waals surface area contributed by atoms with Gasteiger partial charge in [-0.2, -0.15) is 22.0 Å². The molecule has 2 aromatic carbocycles. The third-order valence-electron chi connectivity index (χ3n) is 7.46. The van der Waals surface area contributed by atoms with Crippen molar-refractivity contribution in [2.75, 3.05) is 6.26 Å². The summed E-state index contributed by atoms with van der Waals surface area (Å²) in [5.41, 5.74) is -0.786. The second-order valence-corrected chi connectivity index (χ2v) is 12.6. The van der Waals surface area contributed by atoms with E-state index in [9.17, 15) is 39.9 Å². The number of alkyl halides is 6. The average Bonchev–Trinajstić information content (AvgIpc) is 3.55. The zero-order chi connectivity index (χ0) is 33.7. The lowest BCUT2D eigenvalue weighted by atomic mass is 9.89. The summed E-state index contributed by atoms with van der Waals surface area (Å²) in [6.07, 6.45) is -3.96. The zero-order valence-corrected chi connectivity index (χ0v) is 25.1. The van der Waals surface area contributed by atoms with E-state index in [0.717, 1.165) is 35.2 Å². The van der Waals surface area contributed by atoms with Crippen LogP contribution in [0, 0.1) is 12.7 Å². The minimum absolute atomic E-state index is 0.0557. The number of ether oxygens (including phenoxy) is 2. The van der Waals surface area contributed by atoms with Gasteiger partial charge in [-0.25, -0.2) is 27.2 Å². The maximum Gasteiger partial charge on any atom is 0.434 e. The van der Waals surface area contributed by atoms with Crippen molar-refractivity contribution in [2.45, 2.75) is 62.9 Å². The average molecular weight is 674 g/mol. The molecule has 1 aliphatic carbocycles. The third-order valence-corrected chi connectivity index (χ3v) is 8.62. The molecule has 0 bridgehead atoms. The minimum atomic E-state index is -4.78. The molecular weight excluding hydrogens is 647 g/mol. The quantitative estimate of drug-likeness (QED) is 0.272. The van der Waals surface area contributed by atoms with E-state index in [2.05, 4.69) is 14.7 Å². The van der Waals surface area contributed by atoms with Gasteiger partial charge < -0.3 is 19.1 Å². The molecule has 5 rings (SSSR count). The SMILES string of the molecule is CC1=NC(c2cc(-c3cc(F)c(CO)c(S(C)(=O)=O)c3)ccc2-n2cc(C(F)(F)F)nc2C)C(C2=CCC(F)C(OC(F)F)=C2)O1. The normalized spacial score (nSPS) is 20.3. The van der Waals surface area contributed by atoms with Gasteiger partial charge in [0.15, 0.2) is 33.7 Å². The van der Waals surface area contributed by atoms with Crippen molar-refractivity contribution in [3.63, 3.8) is 0 Å². The first-order valence-electron chi connectivity index (χ1n) is 13.6. The van der Waals surface area contributed by atoms with Crippen LogP contribution in [0.5, 0.6) is 0 Å². The maximum atomic E-state index is 15.1. The van der Waals surface area contributed by atoms with E-state index in [0.29, 0.717) is 0 Å². The molecule has 3 atom stereocenters. The molecule has 8 nitrogen and oxygen atoms in total. The molecule has 46 heavy (non-hydrogen) atoms. The Labute approximate surface area is 258 Å². The van der Waals surface area contributed by atoms with E-state index in [4.69, 9.17) is 4.74 Å². The number of halogens is 7. The molecule has 0 spiro atoms. The van der Waals surface area contributed by atoms with Crippen molar-refractivity contribution in [1.29, 1.82) is 0 Å². The van der Waals surface area contributed by atoms with E-state index in [1.807, 2.05) is 0 Å². The lowest BCUT2D eigenvalue weighted by molar-refractivity contribution is -0.141. The number of aromatic nitrogens is 2. The molecule has 2 aliphatic rings. The summed E-state index contributed by atoms with van der Waals surface area (Å²) < 4.78 is 133. The van der Waals surface area contributed by atoms with Gasteiger partial charge in [0.25, 0.3) is 0 Å². The van der Waals surface area contributed by atoms with Crippen LogP contribution in [0.15, 0.2) is 69.9 Å². The first-order valence-corrected chi connectivity index (χ1v) is 15.5. The number of hydrogen-bond donors (Lipinski definition) is 1. The molecule has 1 aliphatic heterocycles. The lowest BCUT2D eigenvalue weighted by Crippen LogP contribution is -2.23. The summed E-state index contributed by atoms with van der Waals surface area (Å²) in [4.78, 5) is 7.68. The van der Waals surface area contributed by atoms with Crippen LogP contribution in [0.3, 0.4) is 0 Å². The predicted octanol–water partition coefficient (Wildman–Crippen LogP) is 6.55. The predicted molar refractivity (Wildman–Crippen MR) is 151 cm³/mol. The Morgan fingerprint density at radius 3 is 2.48 bits per heavy atom. The number of allylic oxidation sites excluding steroid dienone is 2. The number of aliphatic hydroxyl groups excluding tert-OH is 1. The first kappa shape index (κ1) is 33.2. The fourth-order valence-corrected chi connectivity index (χ4v) is 6.36. The van der Waals surface area contributed by atoms with Crippen molar-refractivity contribution in [2.24, 2.45) is 4.99 Å². The van der Waals surface area contributed by atoms with Crippen LogP contribution >= 0.6 is 0 Å². The van der Waals surface area contributed by atoms with E-state index in [1.165, 1.54) is 38.1 Å². The topological polar surface area (TPSA) is 103 Å². The number of imidazole rings is 1. The Balaban J connectivity index is 1.72. The second-order valence-electron chi connectivity index (χ2n) is 10.6. The van der Waals surface area contributed by atoms with Crippen molar-refractivity contribution < 1.29 is 53.7 Å². The molecule has 246 valence electrons. The monoisotopic (exact) mass is 673 g/mol. The van der Waals surface area contributed by atoms with E-state index >= 15 is 4.39 Å². The highest BCUT2D eigenvalue weighted by Gasteiger charge is 2.39. The number of sulfone groups is 1. The molecule has 1 N–H and O–H groups in total. The Hall–Kier alpha value is -4.18. The highest BCUT2D eigenvalue weighted by molar-refractivity contribution is 7.90. The first-order chi connectivity index (χ1) is 21.5. The zero-order valence-electron chi connectivity index (χ0n) is 24.3. The third kappa shape index (κ3) is 6.54. The number of hydrogen-bond acceptors (Lipinski definition) is 7. The number of nitrogens with zero attached hydrogens (tertiary/aromatic N) is 3. The van der Waals surface area contributed by atoms with Gasteiger partial charge in [-0.3, -0.25) is 0 Å². The van der Waals surface area contributed by atoms with Gasteiger partial charge >= 0.3 is 12.8 Å². The van der Waals surface area contributed by atoms with Gasteiger partial charge in [0.05, 0.1) is 17.2 Å². The molecule has 0 radical (unpaired) electrons. The molecule has 16 heteroatoms. The molecule has 3 unspecified atom stereocenters. The Morgan fingerprint density at radius 2 is 1.87 bits per heavy atom. The standard InChI is InChI=1S/C30H26F7N3O5S/c1-14-38-26(30(35,36)37)12-40(14)23-7-5-16(18-9-22(32)20(13-41)25(11-18)46(3,42)43)8-19(23)27-28(44-15(2)39-27)17-4-6-21(31)24(10-17)45-29(33)34/h4-5,7-12,21,27-29,41H,6,13H2,1-3H3. The number of benzene rings is 2. The van der Waals surface area contributed by atoms with Crippen molar-refractivity contribution in [3.8, 4) is 16.8 Å². The van der Waals surface area contributed by atoms with Crippen LogP contribution in [0.2, 0.25) is 0 Å². The van der Waals surface area contributed by atoms with Gasteiger partial charge in [-0.05, 0) is 54.0 Å². The van der Waals surface area contributed by atoms with Crippen molar-refractivity contribution in [3.05, 3.63) is 88.5 Å².